The summed E-state index contributed by atoms with van der Waals surface area (Å²) in [7, 11) is 3.03. The molecule has 0 bridgehead atoms. The number of ether oxygens (including phenoxy) is 1. The van der Waals surface area contributed by atoms with Crippen LogP contribution in [0.5, 0.6) is 0 Å². The average Bonchev–Trinajstić information content (AvgIpc) is 3.29. The number of fused-ring (bicyclic) bond motifs is 1. The fourth-order valence-electron chi connectivity index (χ4n) is 3.64. The van der Waals surface area contributed by atoms with Crippen LogP contribution in [0.1, 0.15) is 27.4 Å². The molecule has 0 saturated heterocycles. The maximum Gasteiger partial charge on any atom is 0.379 e. The summed E-state index contributed by atoms with van der Waals surface area (Å²) in [5, 5.41) is 4.78. The lowest BCUT2D eigenvalue weighted by Crippen LogP contribution is -2.19. The fourth-order valence-corrected chi connectivity index (χ4v) is 3.77. The number of Topliss-reactive ketones (excluding diaryl/α,β-unsaturated/α-hetero) is 1. The van der Waals surface area contributed by atoms with Crippen LogP contribution in [0, 0.1) is 13.8 Å². The van der Waals surface area contributed by atoms with Gasteiger partial charge in [-0.3, -0.25) is 9.48 Å². The Morgan fingerprint density at radius 2 is 1.84 bits per heavy atom. The van der Waals surface area contributed by atoms with Crippen molar-refractivity contribution in [3.63, 3.8) is 0 Å². The zero-order valence-corrected chi connectivity index (χ0v) is 18.3. The third-order valence-electron chi connectivity index (χ3n) is 5.08. The molecule has 0 spiro atoms. The van der Waals surface area contributed by atoms with Crippen molar-refractivity contribution in [3.05, 3.63) is 64.3 Å². The van der Waals surface area contributed by atoms with E-state index in [1.807, 2.05) is 24.7 Å². The second kappa shape index (κ2) is 7.96. The summed E-state index contributed by atoms with van der Waals surface area (Å²) in [5.74, 6) is -0.992. The molecule has 4 rings (SSSR count). The lowest BCUT2D eigenvalue weighted by atomic mass is 9.95. The highest BCUT2D eigenvalue weighted by molar-refractivity contribution is 6.42. The Kier molecular flexibility index (Phi) is 5.32. The summed E-state index contributed by atoms with van der Waals surface area (Å²) in [4.78, 5) is 34.4. The minimum Gasteiger partial charge on any atom is -0.463 e. The van der Waals surface area contributed by atoms with Gasteiger partial charge in [0.1, 0.15) is 11.3 Å². The molecule has 3 heterocycles. The molecule has 8 nitrogen and oxygen atoms in total. The first kappa shape index (κ1) is 20.7. The maximum atomic E-state index is 12.9. The predicted molar refractivity (Wildman–Crippen MR) is 116 cm³/mol. The van der Waals surface area contributed by atoms with E-state index < -0.39 is 11.8 Å². The number of hydrogen-bond acceptors (Lipinski definition) is 6. The van der Waals surface area contributed by atoms with Crippen molar-refractivity contribution in [2.75, 3.05) is 7.11 Å². The number of nitrogens with zero attached hydrogens (tertiary/aromatic N) is 5. The minimum absolute atomic E-state index is 0.174. The lowest BCUT2D eigenvalue weighted by Gasteiger charge is -2.13. The molecular formula is C22H20ClN5O3. The summed E-state index contributed by atoms with van der Waals surface area (Å²) in [5.41, 5.74) is 3.97. The molecule has 0 amide bonds. The lowest BCUT2D eigenvalue weighted by molar-refractivity contribution is -0.135. The Morgan fingerprint density at radius 3 is 2.45 bits per heavy atom. The highest BCUT2D eigenvalue weighted by Gasteiger charge is 2.28. The van der Waals surface area contributed by atoms with E-state index in [0.717, 1.165) is 11.4 Å². The van der Waals surface area contributed by atoms with Crippen LogP contribution in [0.25, 0.3) is 22.3 Å². The van der Waals surface area contributed by atoms with Gasteiger partial charge in [0.25, 0.3) is 5.78 Å². The maximum absolute atomic E-state index is 12.9. The Labute approximate surface area is 183 Å². The SMILES string of the molecule is COC(=O)C(=O)c1c(C)nc2c(nc(C)n2Cc2cnn(C)c2)c1-c1ccc(Cl)cc1. The van der Waals surface area contributed by atoms with Gasteiger partial charge in [0, 0.05) is 29.4 Å². The molecule has 4 aromatic rings. The summed E-state index contributed by atoms with van der Waals surface area (Å²) in [6, 6.07) is 7.04. The summed E-state index contributed by atoms with van der Waals surface area (Å²) >= 11 is 6.06. The molecule has 0 unspecified atom stereocenters. The van der Waals surface area contributed by atoms with E-state index in [1.165, 1.54) is 7.11 Å². The topological polar surface area (TPSA) is 91.9 Å². The number of esters is 1. The van der Waals surface area contributed by atoms with Crippen molar-refractivity contribution in [1.82, 2.24) is 24.3 Å². The van der Waals surface area contributed by atoms with Gasteiger partial charge in [-0.05, 0) is 31.5 Å². The molecule has 0 atom stereocenters. The molecule has 9 heteroatoms. The van der Waals surface area contributed by atoms with Gasteiger partial charge in [-0.15, -0.1) is 0 Å². The van der Waals surface area contributed by atoms with E-state index in [4.69, 9.17) is 16.6 Å². The third kappa shape index (κ3) is 3.70. The van der Waals surface area contributed by atoms with Crippen molar-refractivity contribution in [2.45, 2.75) is 20.4 Å². The Hall–Kier alpha value is -3.52. The molecule has 0 radical (unpaired) electrons. The first-order valence-electron chi connectivity index (χ1n) is 9.53. The van der Waals surface area contributed by atoms with Crippen LogP contribution >= 0.6 is 11.6 Å². The second-order valence-corrected chi connectivity index (χ2v) is 7.65. The summed E-state index contributed by atoms with van der Waals surface area (Å²) in [6.45, 7) is 4.10. The number of benzene rings is 1. The number of ketones is 1. The van der Waals surface area contributed by atoms with E-state index in [1.54, 1.807) is 42.1 Å². The van der Waals surface area contributed by atoms with E-state index in [9.17, 15) is 9.59 Å². The van der Waals surface area contributed by atoms with Gasteiger partial charge < -0.3 is 9.30 Å². The van der Waals surface area contributed by atoms with Crippen LogP contribution < -0.4 is 0 Å². The molecule has 158 valence electrons. The molecule has 0 aliphatic heterocycles. The van der Waals surface area contributed by atoms with Gasteiger partial charge in [-0.25, -0.2) is 14.8 Å². The number of aryl methyl sites for hydroxylation is 3. The fraction of sp³-hybridized carbons (Fsp3) is 0.227. The first-order valence-corrected chi connectivity index (χ1v) is 9.91. The van der Waals surface area contributed by atoms with E-state index in [0.29, 0.717) is 39.6 Å². The van der Waals surface area contributed by atoms with Crippen LogP contribution in [0.3, 0.4) is 0 Å². The van der Waals surface area contributed by atoms with Crippen LogP contribution in [0.4, 0.5) is 0 Å². The number of aromatic nitrogens is 5. The smallest absolute Gasteiger partial charge is 0.379 e. The number of methoxy groups -OCH3 is 1. The van der Waals surface area contributed by atoms with Crippen LogP contribution in [-0.2, 0) is 23.1 Å². The van der Waals surface area contributed by atoms with Crippen molar-refractivity contribution in [3.8, 4) is 11.1 Å². The molecule has 3 aromatic heterocycles. The van der Waals surface area contributed by atoms with Crippen molar-refractivity contribution in [1.29, 1.82) is 0 Å². The monoisotopic (exact) mass is 437 g/mol. The highest BCUT2D eigenvalue weighted by Crippen LogP contribution is 2.34. The zero-order valence-electron chi connectivity index (χ0n) is 17.5. The Balaban J connectivity index is 2.01. The van der Waals surface area contributed by atoms with Gasteiger partial charge in [0.2, 0.25) is 0 Å². The number of halogens is 1. The Bertz CT molecular complexity index is 1320. The summed E-state index contributed by atoms with van der Waals surface area (Å²) < 4.78 is 8.38. The Morgan fingerprint density at radius 1 is 1.13 bits per heavy atom. The first-order chi connectivity index (χ1) is 14.8. The van der Waals surface area contributed by atoms with Crippen molar-refractivity contribution < 1.29 is 14.3 Å². The minimum atomic E-state index is -0.953. The number of pyridine rings is 1. The number of imidazole rings is 1. The summed E-state index contributed by atoms with van der Waals surface area (Å²) in [6.07, 6.45) is 3.71. The third-order valence-corrected chi connectivity index (χ3v) is 5.34. The number of rotatable bonds is 5. The molecule has 0 saturated carbocycles. The molecule has 0 fully saturated rings. The average molecular weight is 438 g/mol. The van der Waals surface area contributed by atoms with E-state index in [-0.39, 0.29) is 5.56 Å². The molecule has 0 aliphatic carbocycles. The zero-order chi connectivity index (χ0) is 22.3. The number of carbonyl (C=O) groups excluding carboxylic acids is 2. The molecule has 31 heavy (non-hydrogen) atoms. The van der Waals surface area contributed by atoms with Crippen LogP contribution in [0.2, 0.25) is 5.02 Å². The van der Waals surface area contributed by atoms with Gasteiger partial charge in [0.15, 0.2) is 5.65 Å². The van der Waals surface area contributed by atoms with Gasteiger partial charge in [-0.2, -0.15) is 5.10 Å². The molecule has 1 aromatic carbocycles. The number of hydrogen-bond donors (Lipinski definition) is 0. The van der Waals surface area contributed by atoms with Crippen molar-refractivity contribution >= 4 is 34.5 Å². The van der Waals surface area contributed by atoms with Crippen molar-refractivity contribution in [2.24, 2.45) is 7.05 Å². The van der Waals surface area contributed by atoms with Crippen LogP contribution in [-0.4, -0.2) is 43.2 Å². The predicted octanol–water partition coefficient (Wildman–Crippen LogP) is 3.51. The quantitative estimate of drug-likeness (QED) is 0.269. The van der Waals surface area contributed by atoms with Gasteiger partial charge in [0.05, 0.1) is 31.1 Å². The van der Waals surface area contributed by atoms with E-state index >= 15 is 0 Å². The molecule has 0 aliphatic rings. The molecular weight excluding hydrogens is 418 g/mol. The van der Waals surface area contributed by atoms with Crippen LogP contribution in [0.15, 0.2) is 36.7 Å². The second-order valence-electron chi connectivity index (χ2n) is 7.21. The van der Waals surface area contributed by atoms with E-state index in [2.05, 4.69) is 14.8 Å². The largest absolute Gasteiger partial charge is 0.463 e. The van der Waals surface area contributed by atoms with Gasteiger partial charge in [-0.1, -0.05) is 23.7 Å². The standard InChI is InChI=1S/C22H20ClN5O3/c1-12-17(20(29)22(30)31-4)18(15-5-7-16(23)8-6-15)19-21(25-12)28(13(2)26-19)11-14-9-24-27(3)10-14/h5-10H,11H2,1-4H3. The molecule has 0 N–H and O–H groups in total. The highest BCUT2D eigenvalue weighted by atomic mass is 35.5. The number of carbonyl (C=O) groups is 2. The van der Waals surface area contributed by atoms with Gasteiger partial charge >= 0.3 is 5.97 Å². The normalized spacial score (nSPS) is 11.1.